The van der Waals surface area contributed by atoms with Crippen LogP contribution in [-0.2, 0) is 16.1 Å². The molecule has 0 bridgehead atoms. The summed E-state index contributed by atoms with van der Waals surface area (Å²) in [6.07, 6.45) is 3.60. The number of amides is 3. The maximum Gasteiger partial charge on any atom is 0.320 e. The Bertz CT molecular complexity index is 522. The molecule has 8 nitrogen and oxygen atoms in total. The Morgan fingerprint density at radius 3 is 2.82 bits per heavy atom. The van der Waals surface area contributed by atoms with Crippen LogP contribution in [0.4, 0.5) is 10.6 Å². The zero-order valence-corrected chi connectivity index (χ0v) is 12.8. The Morgan fingerprint density at radius 2 is 2.18 bits per heavy atom. The molecule has 1 saturated heterocycles. The number of hydrogen-bond acceptors (Lipinski definition) is 4. The van der Waals surface area contributed by atoms with Crippen LogP contribution in [0.15, 0.2) is 12.3 Å². The maximum absolute atomic E-state index is 12.0. The van der Waals surface area contributed by atoms with Gasteiger partial charge in [-0.1, -0.05) is 6.92 Å². The van der Waals surface area contributed by atoms with Gasteiger partial charge in [-0.3, -0.25) is 10.1 Å². The summed E-state index contributed by atoms with van der Waals surface area (Å²) in [7, 11) is 0. The summed E-state index contributed by atoms with van der Waals surface area (Å²) in [5.41, 5.74) is 4.78. The molecule has 8 heteroatoms. The number of nitrogens with one attached hydrogen (secondary N) is 2. The topological polar surface area (TPSA) is 111 Å². The lowest BCUT2D eigenvalue weighted by Crippen LogP contribution is -2.50. The van der Waals surface area contributed by atoms with Gasteiger partial charge in [0.15, 0.2) is 0 Å². The van der Waals surface area contributed by atoms with E-state index in [0.717, 1.165) is 13.0 Å². The van der Waals surface area contributed by atoms with Gasteiger partial charge >= 0.3 is 6.03 Å². The van der Waals surface area contributed by atoms with Crippen molar-refractivity contribution in [3.8, 4) is 0 Å². The smallest absolute Gasteiger partial charge is 0.320 e. The van der Waals surface area contributed by atoms with Crippen molar-refractivity contribution >= 4 is 17.8 Å². The molecule has 1 fully saturated rings. The summed E-state index contributed by atoms with van der Waals surface area (Å²) in [4.78, 5) is 23.8. The maximum atomic E-state index is 12.0. The highest BCUT2D eigenvalue weighted by molar-refractivity contribution is 5.89. The van der Waals surface area contributed by atoms with E-state index in [9.17, 15) is 9.59 Å². The van der Waals surface area contributed by atoms with Crippen molar-refractivity contribution in [1.29, 1.82) is 0 Å². The molecular formula is C14H23N5O3. The average Bonchev–Trinajstić information content (AvgIpc) is 2.93. The number of urea groups is 1. The third-order valence-electron chi connectivity index (χ3n) is 3.95. The van der Waals surface area contributed by atoms with Gasteiger partial charge in [0, 0.05) is 32.4 Å². The predicted molar refractivity (Wildman–Crippen MR) is 81.2 cm³/mol. The Hall–Kier alpha value is -2.09. The van der Waals surface area contributed by atoms with Crippen molar-refractivity contribution in [1.82, 2.24) is 15.1 Å². The fourth-order valence-electron chi connectivity index (χ4n) is 2.51. The second-order valence-corrected chi connectivity index (χ2v) is 5.50. The first-order chi connectivity index (χ1) is 10.6. The number of carbonyl (C=O) groups is 2. The van der Waals surface area contributed by atoms with E-state index in [0.29, 0.717) is 31.9 Å². The quantitative estimate of drug-likeness (QED) is 0.718. The molecule has 4 N–H and O–H groups in total. The minimum absolute atomic E-state index is 0.208. The normalized spacial score (nSPS) is 17.0. The molecule has 0 saturated carbocycles. The molecule has 0 atom stereocenters. The molecular weight excluding hydrogens is 286 g/mol. The minimum atomic E-state index is -0.723. The minimum Gasteiger partial charge on any atom is -0.381 e. The Morgan fingerprint density at radius 1 is 1.45 bits per heavy atom. The van der Waals surface area contributed by atoms with Crippen LogP contribution in [0, 0.1) is 5.41 Å². The third-order valence-corrected chi connectivity index (χ3v) is 3.95. The van der Waals surface area contributed by atoms with Crippen LogP contribution < -0.4 is 16.4 Å². The zero-order valence-electron chi connectivity index (χ0n) is 12.8. The Balaban J connectivity index is 1.91. The van der Waals surface area contributed by atoms with Crippen LogP contribution in [0.3, 0.4) is 0 Å². The fraction of sp³-hybridized carbons (Fsp3) is 0.643. The molecule has 1 aromatic rings. The number of primary amides is 1. The van der Waals surface area contributed by atoms with Crippen LogP contribution in [0.5, 0.6) is 0 Å². The molecule has 2 rings (SSSR count). The fourth-order valence-corrected chi connectivity index (χ4v) is 2.51. The van der Waals surface area contributed by atoms with Crippen molar-refractivity contribution < 1.29 is 14.3 Å². The van der Waals surface area contributed by atoms with Gasteiger partial charge in [-0.15, -0.1) is 0 Å². The van der Waals surface area contributed by atoms with Crippen LogP contribution >= 0.6 is 0 Å². The van der Waals surface area contributed by atoms with Crippen LogP contribution in [0.2, 0.25) is 0 Å². The summed E-state index contributed by atoms with van der Waals surface area (Å²) < 4.78 is 6.98. The molecule has 0 radical (unpaired) electrons. The molecule has 1 aliphatic heterocycles. The number of rotatable bonds is 6. The highest BCUT2D eigenvalue weighted by Gasteiger charge is 2.38. The lowest BCUT2D eigenvalue weighted by molar-refractivity contribution is -0.132. The second-order valence-electron chi connectivity index (χ2n) is 5.50. The Labute approximate surface area is 129 Å². The van der Waals surface area contributed by atoms with Crippen molar-refractivity contribution in [2.75, 3.05) is 25.1 Å². The summed E-state index contributed by atoms with van der Waals surface area (Å²) >= 11 is 0. The zero-order chi connectivity index (χ0) is 16.0. The largest absolute Gasteiger partial charge is 0.381 e. The summed E-state index contributed by atoms with van der Waals surface area (Å²) in [6.45, 7) is 3.93. The first-order valence-electron chi connectivity index (χ1n) is 7.52. The van der Waals surface area contributed by atoms with Gasteiger partial charge in [-0.2, -0.15) is 5.10 Å². The van der Waals surface area contributed by atoms with E-state index >= 15 is 0 Å². The van der Waals surface area contributed by atoms with E-state index in [-0.39, 0.29) is 12.6 Å². The van der Waals surface area contributed by atoms with Gasteiger partial charge in [0.25, 0.3) is 0 Å². The van der Waals surface area contributed by atoms with E-state index in [1.807, 2.05) is 6.92 Å². The highest BCUT2D eigenvalue weighted by atomic mass is 16.5. The van der Waals surface area contributed by atoms with Crippen LogP contribution in [-0.4, -0.2) is 41.5 Å². The van der Waals surface area contributed by atoms with Crippen molar-refractivity contribution in [3.05, 3.63) is 12.3 Å². The number of aromatic nitrogens is 2. The van der Waals surface area contributed by atoms with E-state index in [4.69, 9.17) is 10.5 Å². The standard InChI is InChI=1S/C14H23N5O3/c1-2-7-19-11(3-6-17-19)18-13(21)16-10-14(12(15)20)4-8-22-9-5-14/h3,6H,2,4-5,7-10H2,1H3,(H2,15,20)(H2,16,18,21). The average molecular weight is 309 g/mol. The van der Waals surface area contributed by atoms with Crippen molar-refractivity contribution in [2.45, 2.75) is 32.7 Å². The van der Waals surface area contributed by atoms with E-state index < -0.39 is 11.3 Å². The Kier molecular flexibility index (Phi) is 5.37. The molecule has 1 aliphatic rings. The summed E-state index contributed by atoms with van der Waals surface area (Å²) in [5, 5.41) is 9.61. The molecule has 3 amide bonds. The monoisotopic (exact) mass is 309 g/mol. The highest BCUT2D eigenvalue weighted by Crippen LogP contribution is 2.29. The second kappa shape index (κ2) is 7.26. The number of nitrogens with two attached hydrogens (primary N) is 1. The number of hydrogen-bond donors (Lipinski definition) is 3. The first kappa shape index (κ1) is 16.3. The number of ether oxygens (including phenoxy) is 1. The predicted octanol–water partition coefficient (Wildman–Crippen LogP) is 0.697. The SMILES string of the molecule is CCCn1nccc1NC(=O)NCC1(C(N)=O)CCOCC1. The molecule has 0 spiro atoms. The lowest BCUT2D eigenvalue weighted by Gasteiger charge is -2.34. The lowest BCUT2D eigenvalue weighted by atomic mass is 9.79. The van der Waals surface area contributed by atoms with Crippen molar-refractivity contribution in [2.24, 2.45) is 11.1 Å². The van der Waals surface area contributed by atoms with Gasteiger partial charge in [-0.25, -0.2) is 9.48 Å². The van der Waals surface area contributed by atoms with Gasteiger partial charge in [-0.05, 0) is 19.3 Å². The molecule has 22 heavy (non-hydrogen) atoms. The molecule has 2 heterocycles. The van der Waals surface area contributed by atoms with Gasteiger partial charge in [0.05, 0.1) is 11.6 Å². The van der Waals surface area contributed by atoms with Gasteiger partial charge in [0.1, 0.15) is 5.82 Å². The summed E-state index contributed by atoms with van der Waals surface area (Å²) in [5.74, 6) is 0.228. The number of anilines is 1. The van der Waals surface area contributed by atoms with E-state index in [1.165, 1.54) is 0 Å². The van der Waals surface area contributed by atoms with Crippen LogP contribution in [0.25, 0.3) is 0 Å². The van der Waals surface area contributed by atoms with Crippen molar-refractivity contribution in [3.63, 3.8) is 0 Å². The molecule has 122 valence electrons. The van der Waals surface area contributed by atoms with E-state index in [1.54, 1.807) is 16.9 Å². The van der Waals surface area contributed by atoms with E-state index in [2.05, 4.69) is 15.7 Å². The molecule has 0 unspecified atom stereocenters. The number of nitrogens with zero attached hydrogens (tertiary/aromatic N) is 2. The molecule has 0 aromatic carbocycles. The molecule has 0 aliphatic carbocycles. The summed E-state index contributed by atoms with van der Waals surface area (Å²) in [6, 6.07) is 1.36. The number of carbonyl (C=O) groups excluding carboxylic acids is 2. The van der Waals surface area contributed by atoms with Gasteiger partial charge in [0.2, 0.25) is 5.91 Å². The van der Waals surface area contributed by atoms with Gasteiger partial charge < -0.3 is 15.8 Å². The first-order valence-corrected chi connectivity index (χ1v) is 7.52. The number of aryl methyl sites for hydroxylation is 1. The van der Waals surface area contributed by atoms with Crippen LogP contribution in [0.1, 0.15) is 26.2 Å². The molecule has 1 aromatic heterocycles. The third kappa shape index (κ3) is 3.76.